The smallest absolute Gasteiger partial charge is 0.335 e. The molecule has 0 spiro atoms. The number of urea groups is 1. The predicted octanol–water partition coefficient (Wildman–Crippen LogP) is 5.35. The van der Waals surface area contributed by atoms with Crippen molar-refractivity contribution in [3.8, 4) is 11.1 Å². The van der Waals surface area contributed by atoms with Crippen molar-refractivity contribution in [2.24, 2.45) is 0 Å². The van der Waals surface area contributed by atoms with E-state index in [0.717, 1.165) is 23.2 Å². The molecule has 8 nitrogen and oxygen atoms in total. The van der Waals surface area contributed by atoms with Gasteiger partial charge in [-0.3, -0.25) is 4.79 Å². The van der Waals surface area contributed by atoms with Crippen LogP contribution in [0.15, 0.2) is 66.9 Å². The first-order valence-corrected chi connectivity index (χ1v) is 12.3. The summed E-state index contributed by atoms with van der Waals surface area (Å²) in [6.45, 7) is 0.510. The summed E-state index contributed by atoms with van der Waals surface area (Å²) in [5, 5.41) is 14.9. The van der Waals surface area contributed by atoms with Gasteiger partial charge in [-0.15, -0.1) is 0 Å². The molecule has 1 atom stereocenters. The number of hydrogen-bond acceptors (Lipinski definition) is 4. The molecule has 1 saturated heterocycles. The lowest BCUT2D eigenvalue weighted by Crippen LogP contribution is -2.45. The summed E-state index contributed by atoms with van der Waals surface area (Å²) >= 11 is 0. The number of carbonyl (C=O) groups excluding carboxylic acids is 2. The molecule has 1 aliphatic carbocycles. The highest BCUT2D eigenvalue weighted by Crippen LogP contribution is 2.36. The number of likely N-dealkylation sites (tertiary alicyclic amines) is 1. The van der Waals surface area contributed by atoms with Crippen LogP contribution in [0.2, 0.25) is 0 Å². The predicted molar refractivity (Wildman–Crippen MR) is 137 cm³/mol. The standard InChI is InChI=1S/C28H28N4O4/c33-26(31-25-14-11-22(17-29-25)20-6-2-7-21(16-20)27(34)35)24-8-3-15-32(24)28(36)30-23-12-9-19(10-13-23)18-4-1-5-18/h2,6-7,9-14,16-18,24H,1,3-5,8,15H2,(H,30,36)(H,34,35)(H,29,31,33)/t24-/m0/s1. The Hall–Kier alpha value is -4.20. The number of nitrogens with zero attached hydrogens (tertiary/aromatic N) is 2. The number of amides is 3. The van der Waals surface area contributed by atoms with Crippen LogP contribution in [0.5, 0.6) is 0 Å². The van der Waals surface area contributed by atoms with Crippen LogP contribution in [0.3, 0.4) is 0 Å². The number of carboxylic acid groups (broad SMARTS) is 1. The second-order valence-corrected chi connectivity index (χ2v) is 9.34. The number of anilines is 2. The van der Waals surface area contributed by atoms with Crippen LogP contribution in [0.25, 0.3) is 11.1 Å². The van der Waals surface area contributed by atoms with Gasteiger partial charge in [-0.25, -0.2) is 14.6 Å². The van der Waals surface area contributed by atoms with Crippen LogP contribution in [0.4, 0.5) is 16.3 Å². The molecule has 36 heavy (non-hydrogen) atoms. The average Bonchev–Trinajstić information content (AvgIpc) is 3.35. The second-order valence-electron chi connectivity index (χ2n) is 9.34. The molecular weight excluding hydrogens is 456 g/mol. The van der Waals surface area contributed by atoms with Crippen molar-refractivity contribution in [3.05, 3.63) is 78.0 Å². The SMILES string of the molecule is O=C(O)c1cccc(-c2ccc(NC(=O)[C@@H]3CCCN3C(=O)Nc3ccc(C4CCC4)cc3)nc2)c1. The maximum Gasteiger partial charge on any atom is 0.335 e. The zero-order valence-corrected chi connectivity index (χ0v) is 19.8. The van der Waals surface area contributed by atoms with Gasteiger partial charge in [-0.05, 0) is 79.1 Å². The first-order chi connectivity index (χ1) is 17.5. The Labute approximate surface area is 209 Å². The minimum Gasteiger partial charge on any atom is -0.478 e. The summed E-state index contributed by atoms with van der Waals surface area (Å²) < 4.78 is 0. The number of aromatic carboxylic acids is 1. The quantitative estimate of drug-likeness (QED) is 0.437. The second kappa shape index (κ2) is 10.2. The third kappa shape index (κ3) is 5.07. The van der Waals surface area contributed by atoms with E-state index in [0.29, 0.717) is 24.7 Å². The Balaban J connectivity index is 1.20. The number of benzene rings is 2. The molecular formula is C28H28N4O4. The van der Waals surface area contributed by atoms with Crippen molar-refractivity contribution < 1.29 is 19.5 Å². The summed E-state index contributed by atoms with van der Waals surface area (Å²) in [6.07, 6.45) is 6.65. The third-order valence-electron chi connectivity index (χ3n) is 7.01. The third-order valence-corrected chi connectivity index (χ3v) is 7.01. The Morgan fingerprint density at radius 1 is 0.889 bits per heavy atom. The van der Waals surface area contributed by atoms with Gasteiger partial charge in [0.1, 0.15) is 11.9 Å². The van der Waals surface area contributed by atoms with Crippen LogP contribution in [0.1, 0.15) is 53.9 Å². The Morgan fingerprint density at radius 3 is 2.36 bits per heavy atom. The molecule has 0 bridgehead atoms. The van der Waals surface area contributed by atoms with E-state index in [9.17, 15) is 19.5 Å². The van der Waals surface area contributed by atoms with Crippen molar-refractivity contribution in [2.45, 2.75) is 44.1 Å². The lowest BCUT2D eigenvalue weighted by Gasteiger charge is -2.26. The first-order valence-electron chi connectivity index (χ1n) is 12.3. The maximum absolute atomic E-state index is 13.0. The number of carboxylic acids is 1. The highest BCUT2D eigenvalue weighted by molar-refractivity contribution is 5.99. The zero-order chi connectivity index (χ0) is 25.1. The van der Waals surface area contributed by atoms with E-state index in [1.54, 1.807) is 41.4 Å². The molecule has 2 heterocycles. The van der Waals surface area contributed by atoms with Crippen LogP contribution < -0.4 is 10.6 Å². The molecule has 3 amide bonds. The van der Waals surface area contributed by atoms with Crippen molar-refractivity contribution in [1.29, 1.82) is 0 Å². The summed E-state index contributed by atoms with van der Waals surface area (Å²) in [4.78, 5) is 43.0. The van der Waals surface area contributed by atoms with Crippen molar-refractivity contribution in [1.82, 2.24) is 9.88 Å². The van der Waals surface area contributed by atoms with Crippen LogP contribution in [-0.4, -0.2) is 45.5 Å². The number of pyridine rings is 1. The fraction of sp³-hybridized carbons (Fsp3) is 0.286. The number of carbonyl (C=O) groups is 3. The lowest BCUT2D eigenvalue weighted by molar-refractivity contribution is -0.119. The van der Waals surface area contributed by atoms with Crippen molar-refractivity contribution in [3.63, 3.8) is 0 Å². The fourth-order valence-corrected chi connectivity index (χ4v) is 4.74. The van der Waals surface area contributed by atoms with Gasteiger partial charge < -0.3 is 20.6 Å². The van der Waals surface area contributed by atoms with E-state index in [-0.39, 0.29) is 17.5 Å². The van der Waals surface area contributed by atoms with Gasteiger partial charge in [0, 0.05) is 24.0 Å². The lowest BCUT2D eigenvalue weighted by atomic mass is 9.80. The van der Waals surface area contributed by atoms with Gasteiger partial charge in [0.15, 0.2) is 0 Å². The van der Waals surface area contributed by atoms with E-state index >= 15 is 0 Å². The van der Waals surface area contributed by atoms with E-state index in [4.69, 9.17) is 0 Å². The molecule has 2 aromatic carbocycles. The minimum atomic E-state index is -0.996. The van der Waals surface area contributed by atoms with Crippen LogP contribution in [-0.2, 0) is 4.79 Å². The molecule has 0 unspecified atom stereocenters. The molecule has 5 rings (SSSR count). The molecule has 1 aliphatic heterocycles. The zero-order valence-electron chi connectivity index (χ0n) is 19.8. The number of hydrogen-bond donors (Lipinski definition) is 3. The minimum absolute atomic E-state index is 0.193. The highest BCUT2D eigenvalue weighted by Gasteiger charge is 2.34. The molecule has 8 heteroatoms. The average molecular weight is 485 g/mol. The van der Waals surface area contributed by atoms with Gasteiger partial charge in [-0.2, -0.15) is 0 Å². The summed E-state index contributed by atoms with van der Waals surface area (Å²) in [5.74, 6) is -0.267. The van der Waals surface area contributed by atoms with Gasteiger partial charge in [-0.1, -0.05) is 30.7 Å². The van der Waals surface area contributed by atoms with Gasteiger partial charge >= 0.3 is 12.0 Å². The topological polar surface area (TPSA) is 112 Å². The van der Waals surface area contributed by atoms with E-state index < -0.39 is 12.0 Å². The molecule has 3 N–H and O–H groups in total. The number of aromatic nitrogens is 1. The fourth-order valence-electron chi connectivity index (χ4n) is 4.74. The number of rotatable bonds is 6. The normalized spacial score (nSPS) is 17.3. The van der Waals surface area contributed by atoms with E-state index in [1.165, 1.54) is 30.9 Å². The summed E-state index contributed by atoms with van der Waals surface area (Å²) in [6, 6.07) is 17.2. The van der Waals surface area contributed by atoms with Gasteiger partial charge in [0.2, 0.25) is 5.91 Å². The van der Waals surface area contributed by atoms with Gasteiger partial charge in [0.05, 0.1) is 5.56 Å². The maximum atomic E-state index is 13.0. The monoisotopic (exact) mass is 484 g/mol. The molecule has 2 fully saturated rings. The van der Waals surface area contributed by atoms with Crippen LogP contribution in [0, 0.1) is 0 Å². The summed E-state index contributed by atoms with van der Waals surface area (Å²) in [5.41, 5.74) is 3.68. The number of nitrogens with one attached hydrogen (secondary N) is 2. The Morgan fingerprint density at radius 2 is 1.69 bits per heavy atom. The molecule has 0 radical (unpaired) electrons. The van der Waals surface area contributed by atoms with E-state index in [1.807, 2.05) is 12.1 Å². The Kier molecular flexibility index (Phi) is 6.66. The largest absolute Gasteiger partial charge is 0.478 e. The van der Waals surface area contributed by atoms with Gasteiger partial charge in [0.25, 0.3) is 0 Å². The van der Waals surface area contributed by atoms with Crippen molar-refractivity contribution in [2.75, 3.05) is 17.2 Å². The first kappa shape index (κ1) is 23.5. The Bertz CT molecular complexity index is 1270. The highest BCUT2D eigenvalue weighted by atomic mass is 16.4. The molecule has 184 valence electrons. The van der Waals surface area contributed by atoms with Crippen LogP contribution >= 0.6 is 0 Å². The molecule has 2 aliphatic rings. The van der Waals surface area contributed by atoms with E-state index in [2.05, 4.69) is 27.8 Å². The summed E-state index contributed by atoms with van der Waals surface area (Å²) in [7, 11) is 0. The molecule has 3 aromatic rings. The molecule has 1 saturated carbocycles. The molecule has 1 aromatic heterocycles. The van der Waals surface area contributed by atoms with Crippen molar-refractivity contribution >= 4 is 29.4 Å².